The molecule has 34 heavy (non-hydrogen) atoms. The van der Waals surface area contributed by atoms with E-state index in [1.165, 1.54) is 41.0 Å². The number of imide groups is 1. The maximum Gasteiger partial charge on any atom is 0.282 e. The number of piperazine rings is 1. The molecule has 4 amide bonds. The third-order valence-corrected chi connectivity index (χ3v) is 6.14. The van der Waals surface area contributed by atoms with Crippen molar-refractivity contribution in [1.82, 2.24) is 14.7 Å². The minimum Gasteiger partial charge on any atom is -0.337 e. The van der Waals surface area contributed by atoms with Crippen LogP contribution in [-0.2, 0) is 4.79 Å². The fraction of sp³-hybridized carbons (Fsp3) is 0.273. The standard InChI is InChI=1S/C22H18ClFN4O6/c1-12(27-21(31)14-3-2-4-17(28(33)34)18(14)22(27)32)19(29)25-7-9-26(10-8-25)20(30)15-11-13(23)5-6-16(15)24/h2-6,11-12H,7-10H2,1H3. The number of benzene rings is 2. The summed E-state index contributed by atoms with van der Waals surface area (Å²) >= 11 is 5.86. The minimum absolute atomic E-state index is 0.0976. The van der Waals surface area contributed by atoms with Crippen LogP contribution >= 0.6 is 11.6 Å². The number of carbonyl (C=O) groups excluding carboxylic acids is 4. The summed E-state index contributed by atoms with van der Waals surface area (Å²) in [5, 5.41) is 11.5. The van der Waals surface area contributed by atoms with E-state index in [9.17, 15) is 33.7 Å². The van der Waals surface area contributed by atoms with Crippen LogP contribution < -0.4 is 0 Å². The highest BCUT2D eigenvalue weighted by Crippen LogP contribution is 2.32. The van der Waals surface area contributed by atoms with Crippen LogP contribution in [0.1, 0.15) is 38.0 Å². The number of hydrogen-bond donors (Lipinski definition) is 0. The number of nitrogens with zero attached hydrogens (tertiary/aromatic N) is 4. The zero-order valence-electron chi connectivity index (χ0n) is 17.9. The lowest BCUT2D eigenvalue weighted by Gasteiger charge is -2.37. The molecule has 2 aromatic rings. The monoisotopic (exact) mass is 488 g/mol. The first-order valence-electron chi connectivity index (χ1n) is 10.3. The van der Waals surface area contributed by atoms with Gasteiger partial charge in [-0.3, -0.25) is 34.2 Å². The molecule has 0 aliphatic carbocycles. The van der Waals surface area contributed by atoms with Crippen LogP contribution in [0, 0.1) is 15.9 Å². The van der Waals surface area contributed by atoms with Crippen molar-refractivity contribution in [3.63, 3.8) is 0 Å². The smallest absolute Gasteiger partial charge is 0.282 e. The molecule has 2 aliphatic heterocycles. The van der Waals surface area contributed by atoms with E-state index in [-0.39, 0.29) is 47.9 Å². The van der Waals surface area contributed by atoms with E-state index in [4.69, 9.17) is 11.6 Å². The summed E-state index contributed by atoms with van der Waals surface area (Å²) in [5.74, 6) is -3.50. The summed E-state index contributed by atoms with van der Waals surface area (Å²) in [5.41, 5.74) is -1.14. The minimum atomic E-state index is -1.21. The van der Waals surface area contributed by atoms with Crippen molar-refractivity contribution in [2.24, 2.45) is 0 Å². The highest BCUT2D eigenvalue weighted by atomic mass is 35.5. The molecule has 0 saturated carbocycles. The zero-order chi connectivity index (χ0) is 24.7. The van der Waals surface area contributed by atoms with Gasteiger partial charge in [0.05, 0.1) is 16.1 Å². The Labute approximate surface area is 197 Å². The van der Waals surface area contributed by atoms with E-state index >= 15 is 0 Å². The third kappa shape index (κ3) is 3.87. The number of amides is 4. The van der Waals surface area contributed by atoms with Gasteiger partial charge in [-0.2, -0.15) is 0 Å². The molecule has 1 fully saturated rings. The van der Waals surface area contributed by atoms with Crippen LogP contribution in [0.15, 0.2) is 36.4 Å². The van der Waals surface area contributed by atoms with Crippen molar-refractivity contribution in [1.29, 1.82) is 0 Å². The lowest BCUT2D eigenvalue weighted by molar-refractivity contribution is -0.385. The van der Waals surface area contributed by atoms with E-state index in [0.717, 1.165) is 17.0 Å². The largest absolute Gasteiger partial charge is 0.337 e. The molecule has 4 rings (SSSR count). The predicted molar refractivity (Wildman–Crippen MR) is 117 cm³/mol. The first kappa shape index (κ1) is 23.3. The van der Waals surface area contributed by atoms with Crippen LogP contribution in [0.5, 0.6) is 0 Å². The third-order valence-electron chi connectivity index (χ3n) is 5.90. The molecule has 10 nitrogen and oxygen atoms in total. The van der Waals surface area contributed by atoms with Gasteiger partial charge in [0.1, 0.15) is 17.4 Å². The molecule has 2 aliphatic rings. The highest BCUT2D eigenvalue weighted by molar-refractivity contribution is 6.31. The Balaban J connectivity index is 1.45. The number of nitro benzene ring substituents is 1. The molecule has 2 aromatic carbocycles. The molecule has 0 N–H and O–H groups in total. The summed E-state index contributed by atoms with van der Waals surface area (Å²) in [7, 11) is 0. The second-order valence-electron chi connectivity index (χ2n) is 7.85. The van der Waals surface area contributed by atoms with Gasteiger partial charge >= 0.3 is 0 Å². The summed E-state index contributed by atoms with van der Waals surface area (Å²) in [4.78, 5) is 65.4. The number of nitro groups is 1. The van der Waals surface area contributed by atoms with Gasteiger partial charge in [-0.05, 0) is 31.2 Å². The van der Waals surface area contributed by atoms with Crippen LogP contribution in [0.2, 0.25) is 5.02 Å². The predicted octanol–water partition coefficient (Wildman–Crippen LogP) is 2.36. The van der Waals surface area contributed by atoms with Gasteiger partial charge in [-0.15, -0.1) is 0 Å². The molecular weight excluding hydrogens is 471 g/mol. The van der Waals surface area contributed by atoms with E-state index in [0.29, 0.717) is 0 Å². The van der Waals surface area contributed by atoms with Crippen molar-refractivity contribution in [3.05, 3.63) is 74.0 Å². The maximum atomic E-state index is 14.0. The summed E-state index contributed by atoms with van der Waals surface area (Å²) in [6.07, 6.45) is 0. The van der Waals surface area contributed by atoms with Gasteiger partial charge in [0.25, 0.3) is 23.4 Å². The molecular formula is C22H18ClFN4O6. The van der Waals surface area contributed by atoms with E-state index in [1.54, 1.807) is 0 Å². The number of rotatable bonds is 4. The molecule has 1 atom stereocenters. The van der Waals surface area contributed by atoms with E-state index in [2.05, 4.69) is 0 Å². The number of carbonyl (C=O) groups is 4. The fourth-order valence-corrected chi connectivity index (χ4v) is 4.30. The fourth-order valence-electron chi connectivity index (χ4n) is 4.13. The second kappa shape index (κ2) is 8.82. The highest BCUT2D eigenvalue weighted by Gasteiger charge is 2.45. The second-order valence-corrected chi connectivity index (χ2v) is 8.29. The Morgan fingerprint density at radius 1 is 1.06 bits per heavy atom. The Morgan fingerprint density at radius 2 is 1.71 bits per heavy atom. The van der Waals surface area contributed by atoms with Gasteiger partial charge < -0.3 is 9.80 Å². The number of hydrogen-bond acceptors (Lipinski definition) is 6. The Kier molecular flexibility index (Phi) is 6.05. The van der Waals surface area contributed by atoms with E-state index in [1.807, 2.05) is 0 Å². The van der Waals surface area contributed by atoms with Crippen LogP contribution in [0.25, 0.3) is 0 Å². The Morgan fingerprint density at radius 3 is 2.35 bits per heavy atom. The number of halogens is 2. The molecule has 0 bridgehead atoms. The lowest BCUT2D eigenvalue weighted by atomic mass is 10.1. The molecule has 2 heterocycles. The van der Waals surface area contributed by atoms with Gasteiger partial charge in [-0.25, -0.2) is 4.39 Å². The van der Waals surface area contributed by atoms with Crippen molar-refractivity contribution >= 4 is 40.9 Å². The maximum absolute atomic E-state index is 14.0. The Hall–Kier alpha value is -3.86. The van der Waals surface area contributed by atoms with Crippen LogP contribution in [0.4, 0.5) is 10.1 Å². The van der Waals surface area contributed by atoms with Gasteiger partial charge in [0.15, 0.2) is 0 Å². The first-order valence-corrected chi connectivity index (χ1v) is 10.7. The topological polar surface area (TPSA) is 121 Å². The van der Waals surface area contributed by atoms with Gasteiger partial charge in [-0.1, -0.05) is 17.7 Å². The quantitative estimate of drug-likeness (QED) is 0.370. The van der Waals surface area contributed by atoms with Crippen molar-refractivity contribution in [2.75, 3.05) is 26.2 Å². The summed E-state index contributed by atoms with van der Waals surface area (Å²) < 4.78 is 14.0. The van der Waals surface area contributed by atoms with Gasteiger partial charge in [0.2, 0.25) is 5.91 Å². The number of fused-ring (bicyclic) bond motifs is 1. The van der Waals surface area contributed by atoms with Crippen LogP contribution in [0.3, 0.4) is 0 Å². The molecule has 1 saturated heterocycles. The van der Waals surface area contributed by atoms with Crippen LogP contribution in [-0.4, -0.2) is 75.5 Å². The molecule has 176 valence electrons. The lowest BCUT2D eigenvalue weighted by Crippen LogP contribution is -2.56. The Bertz CT molecular complexity index is 1240. The first-order chi connectivity index (χ1) is 16.1. The molecule has 0 radical (unpaired) electrons. The average Bonchev–Trinajstić information content (AvgIpc) is 3.09. The molecule has 0 aromatic heterocycles. The van der Waals surface area contributed by atoms with Crippen molar-refractivity contribution < 1.29 is 28.5 Å². The molecule has 1 unspecified atom stereocenters. The SMILES string of the molecule is CC(C(=O)N1CCN(C(=O)c2cc(Cl)ccc2F)CC1)N1C(=O)c2cccc([N+](=O)[O-])c2C1=O. The molecule has 12 heteroatoms. The molecule has 0 spiro atoms. The van der Waals surface area contributed by atoms with Gasteiger partial charge in [0, 0.05) is 37.3 Å². The normalized spacial score (nSPS) is 16.5. The van der Waals surface area contributed by atoms with Crippen molar-refractivity contribution in [2.45, 2.75) is 13.0 Å². The van der Waals surface area contributed by atoms with Crippen molar-refractivity contribution in [3.8, 4) is 0 Å². The average molecular weight is 489 g/mol. The van der Waals surface area contributed by atoms with E-state index < -0.39 is 46.1 Å². The zero-order valence-corrected chi connectivity index (χ0v) is 18.6. The summed E-state index contributed by atoms with van der Waals surface area (Å²) in [6.45, 7) is 1.78. The summed E-state index contributed by atoms with van der Waals surface area (Å²) in [6, 6.07) is 6.19.